The van der Waals surface area contributed by atoms with Crippen LogP contribution in [0.15, 0.2) is 6.07 Å². The Kier molecular flexibility index (Phi) is 4.80. The summed E-state index contributed by atoms with van der Waals surface area (Å²) in [5, 5.41) is 6.46. The molecule has 3 fully saturated rings. The number of hydrogen-bond donors (Lipinski definition) is 3. The molecule has 26 heavy (non-hydrogen) atoms. The van der Waals surface area contributed by atoms with Gasteiger partial charge in [-0.1, -0.05) is 6.42 Å². The topological polar surface area (TPSA) is 74.0 Å². The number of hydrogen-bond acceptors (Lipinski definition) is 2. The Hall–Kier alpha value is -1.78. The van der Waals surface area contributed by atoms with Crippen molar-refractivity contribution in [1.82, 2.24) is 15.6 Å². The van der Waals surface area contributed by atoms with Crippen LogP contribution in [0.2, 0.25) is 0 Å². The highest BCUT2D eigenvalue weighted by Gasteiger charge is 2.43. The molecule has 1 aromatic rings. The summed E-state index contributed by atoms with van der Waals surface area (Å²) < 4.78 is 0. The number of aryl methyl sites for hydroxylation is 2. The Morgan fingerprint density at radius 3 is 2.38 bits per heavy atom. The van der Waals surface area contributed by atoms with Crippen molar-refractivity contribution in [2.75, 3.05) is 0 Å². The molecule has 5 nitrogen and oxygen atoms in total. The van der Waals surface area contributed by atoms with E-state index < -0.39 is 0 Å². The smallest absolute Gasteiger partial charge is 0.267 e. The van der Waals surface area contributed by atoms with Crippen LogP contribution in [-0.2, 0) is 4.79 Å². The number of fused-ring (bicyclic) bond motifs is 2. The van der Waals surface area contributed by atoms with E-state index in [2.05, 4.69) is 15.6 Å². The molecule has 2 amide bonds. The zero-order valence-electron chi connectivity index (χ0n) is 15.9. The van der Waals surface area contributed by atoms with Crippen LogP contribution in [0.5, 0.6) is 0 Å². The van der Waals surface area contributed by atoms with E-state index in [0.717, 1.165) is 49.3 Å². The summed E-state index contributed by atoms with van der Waals surface area (Å²) in [6, 6.07) is 2.25. The molecule has 5 atom stereocenters. The lowest BCUT2D eigenvalue weighted by Gasteiger charge is -2.32. The van der Waals surface area contributed by atoms with Crippen molar-refractivity contribution >= 4 is 11.8 Å². The molecular formula is C21H31N3O2. The summed E-state index contributed by atoms with van der Waals surface area (Å²) in [6.07, 6.45) is 8.83. The number of carbonyl (C=O) groups excluding carboxylic acids is 2. The van der Waals surface area contributed by atoms with Crippen LogP contribution >= 0.6 is 0 Å². The van der Waals surface area contributed by atoms with Gasteiger partial charge in [-0.05, 0) is 82.3 Å². The van der Waals surface area contributed by atoms with Gasteiger partial charge in [-0.2, -0.15) is 0 Å². The van der Waals surface area contributed by atoms with Crippen molar-refractivity contribution < 1.29 is 9.59 Å². The van der Waals surface area contributed by atoms with E-state index >= 15 is 0 Å². The van der Waals surface area contributed by atoms with Crippen molar-refractivity contribution in [2.45, 2.75) is 77.3 Å². The first kappa shape index (κ1) is 17.6. The highest BCUT2D eigenvalue weighted by atomic mass is 16.2. The van der Waals surface area contributed by atoms with Gasteiger partial charge in [0.1, 0.15) is 5.69 Å². The molecule has 0 radical (unpaired) electrons. The average molecular weight is 357 g/mol. The van der Waals surface area contributed by atoms with Gasteiger partial charge in [0.05, 0.1) is 0 Å². The molecule has 3 aliphatic carbocycles. The van der Waals surface area contributed by atoms with Crippen molar-refractivity contribution in [3.8, 4) is 0 Å². The van der Waals surface area contributed by atoms with Gasteiger partial charge in [-0.25, -0.2) is 0 Å². The summed E-state index contributed by atoms with van der Waals surface area (Å²) in [6.45, 7) is 3.98. The lowest BCUT2D eigenvalue weighted by molar-refractivity contribution is -0.127. The Bertz CT molecular complexity index is 676. The minimum absolute atomic E-state index is 0.0359. The Balaban J connectivity index is 1.30. The number of H-pyrrole nitrogens is 1. The van der Waals surface area contributed by atoms with E-state index in [1.54, 1.807) is 0 Å². The van der Waals surface area contributed by atoms with Gasteiger partial charge in [-0.3, -0.25) is 9.59 Å². The molecule has 3 N–H and O–H groups in total. The fraction of sp³-hybridized carbons (Fsp3) is 0.714. The van der Waals surface area contributed by atoms with E-state index in [1.165, 1.54) is 19.3 Å². The van der Waals surface area contributed by atoms with E-state index in [9.17, 15) is 9.59 Å². The van der Waals surface area contributed by atoms with Crippen LogP contribution in [-0.4, -0.2) is 28.9 Å². The maximum atomic E-state index is 12.7. The predicted octanol–water partition coefficient (Wildman–Crippen LogP) is 3.22. The molecule has 3 saturated carbocycles. The number of carbonyl (C=O) groups is 2. The van der Waals surface area contributed by atoms with Gasteiger partial charge in [0, 0.05) is 23.7 Å². The van der Waals surface area contributed by atoms with Crippen LogP contribution in [0.4, 0.5) is 0 Å². The third-order valence-electron chi connectivity index (χ3n) is 6.95. The molecule has 142 valence electrons. The molecule has 4 rings (SSSR count). The second-order valence-electron chi connectivity index (χ2n) is 8.81. The second kappa shape index (κ2) is 7.09. The number of nitrogens with one attached hydrogen (secondary N) is 3. The quantitative estimate of drug-likeness (QED) is 0.774. The SMILES string of the molecule is Cc1cc(C(=O)NC2CCCC(NC(=O)C3CC4CCC3C4)C2)[nH]c1C. The van der Waals surface area contributed by atoms with Crippen molar-refractivity contribution in [1.29, 1.82) is 0 Å². The second-order valence-corrected chi connectivity index (χ2v) is 8.81. The molecule has 5 heteroatoms. The van der Waals surface area contributed by atoms with Gasteiger partial charge in [0.25, 0.3) is 5.91 Å². The Labute approximate surface area is 155 Å². The van der Waals surface area contributed by atoms with Gasteiger partial charge < -0.3 is 15.6 Å². The Morgan fingerprint density at radius 1 is 1.00 bits per heavy atom. The maximum Gasteiger partial charge on any atom is 0.267 e. The first-order valence-corrected chi connectivity index (χ1v) is 10.3. The first-order valence-electron chi connectivity index (χ1n) is 10.3. The van der Waals surface area contributed by atoms with Crippen molar-refractivity contribution in [3.05, 3.63) is 23.0 Å². The van der Waals surface area contributed by atoms with Crippen LogP contribution in [0.25, 0.3) is 0 Å². The molecule has 0 aromatic carbocycles. The maximum absolute atomic E-state index is 12.7. The molecule has 1 aromatic heterocycles. The highest BCUT2D eigenvalue weighted by molar-refractivity contribution is 5.93. The zero-order chi connectivity index (χ0) is 18.3. The fourth-order valence-corrected chi connectivity index (χ4v) is 5.37. The van der Waals surface area contributed by atoms with Gasteiger partial charge in [-0.15, -0.1) is 0 Å². The first-order chi connectivity index (χ1) is 12.5. The van der Waals surface area contributed by atoms with Crippen LogP contribution < -0.4 is 10.6 Å². The molecule has 0 saturated heterocycles. The van der Waals surface area contributed by atoms with E-state index in [0.29, 0.717) is 11.6 Å². The summed E-state index contributed by atoms with van der Waals surface area (Å²) >= 11 is 0. The largest absolute Gasteiger partial charge is 0.354 e. The number of amides is 2. The summed E-state index contributed by atoms with van der Waals surface area (Å²) in [7, 11) is 0. The van der Waals surface area contributed by atoms with Gasteiger partial charge >= 0.3 is 0 Å². The molecule has 0 aliphatic heterocycles. The third-order valence-corrected chi connectivity index (χ3v) is 6.95. The van der Waals surface area contributed by atoms with E-state index in [-0.39, 0.29) is 29.8 Å². The molecule has 5 unspecified atom stereocenters. The number of aromatic amines is 1. The van der Waals surface area contributed by atoms with Crippen molar-refractivity contribution in [2.24, 2.45) is 17.8 Å². The highest BCUT2D eigenvalue weighted by Crippen LogP contribution is 2.48. The normalized spacial score (nSPS) is 33.2. The minimum Gasteiger partial charge on any atom is -0.354 e. The monoisotopic (exact) mass is 357 g/mol. The summed E-state index contributed by atoms with van der Waals surface area (Å²) in [5.74, 6) is 1.89. The summed E-state index contributed by atoms with van der Waals surface area (Å²) in [5.41, 5.74) is 2.78. The molecule has 3 aliphatic rings. The zero-order valence-corrected chi connectivity index (χ0v) is 15.9. The van der Waals surface area contributed by atoms with Crippen LogP contribution in [0.3, 0.4) is 0 Å². The minimum atomic E-state index is -0.0359. The number of aromatic nitrogens is 1. The van der Waals surface area contributed by atoms with Gasteiger partial charge in [0.2, 0.25) is 5.91 Å². The lowest BCUT2D eigenvalue weighted by Crippen LogP contribution is -2.47. The average Bonchev–Trinajstić information content (AvgIpc) is 3.32. The van der Waals surface area contributed by atoms with E-state index in [4.69, 9.17) is 0 Å². The number of rotatable bonds is 4. The van der Waals surface area contributed by atoms with Crippen LogP contribution in [0, 0.1) is 31.6 Å². The summed E-state index contributed by atoms with van der Waals surface area (Å²) in [4.78, 5) is 28.3. The van der Waals surface area contributed by atoms with Gasteiger partial charge in [0.15, 0.2) is 0 Å². The predicted molar refractivity (Wildman–Crippen MR) is 101 cm³/mol. The molecule has 2 bridgehead atoms. The third kappa shape index (κ3) is 3.53. The molecule has 1 heterocycles. The van der Waals surface area contributed by atoms with E-state index in [1.807, 2.05) is 19.9 Å². The fourth-order valence-electron chi connectivity index (χ4n) is 5.37. The lowest BCUT2D eigenvalue weighted by atomic mass is 9.86. The van der Waals surface area contributed by atoms with Crippen LogP contribution in [0.1, 0.15) is 73.1 Å². The van der Waals surface area contributed by atoms with Crippen molar-refractivity contribution in [3.63, 3.8) is 0 Å². The molecular weight excluding hydrogens is 326 g/mol. The molecule has 0 spiro atoms. The Morgan fingerprint density at radius 2 is 1.77 bits per heavy atom. The standard InChI is InChI=1S/C21H31N3O2/c1-12-8-19(22-13(12)2)21(26)24-17-5-3-4-16(11-17)23-20(25)18-10-14-6-7-15(18)9-14/h8,14-18,22H,3-7,9-11H2,1-2H3,(H,23,25)(H,24,26).